The molecule has 0 bridgehead atoms. The van der Waals surface area contributed by atoms with Crippen LogP contribution in [0.5, 0.6) is 0 Å². The number of hydrogen-bond donors (Lipinski definition) is 1. The lowest BCUT2D eigenvalue weighted by atomic mass is 9.99. The highest BCUT2D eigenvalue weighted by atomic mass is 35.5. The van der Waals surface area contributed by atoms with Gasteiger partial charge in [-0.2, -0.15) is 0 Å². The van der Waals surface area contributed by atoms with E-state index >= 15 is 0 Å². The van der Waals surface area contributed by atoms with Crippen LogP contribution in [0.4, 0.5) is 5.82 Å². The Morgan fingerprint density at radius 2 is 1.75 bits per heavy atom. The Labute approximate surface area is 122 Å². The van der Waals surface area contributed by atoms with Crippen LogP contribution in [-0.2, 0) is 0 Å². The van der Waals surface area contributed by atoms with Crippen molar-refractivity contribution in [1.29, 1.82) is 0 Å². The van der Waals surface area contributed by atoms with Gasteiger partial charge in [0, 0.05) is 10.6 Å². The van der Waals surface area contributed by atoms with Gasteiger partial charge in [0.15, 0.2) is 11.6 Å². The number of halogens is 1. The maximum absolute atomic E-state index is 5.96. The molecule has 0 amide bonds. The third-order valence-electron chi connectivity index (χ3n) is 3.24. The fourth-order valence-corrected chi connectivity index (χ4v) is 2.34. The second kappa shape index (κ2) is 5.02. The van der Waals surface area contributed by atoms with Gasteiger partial charge in [-0.05, 0) is 30.2 Å². The summed E-state index contributed by atoms with van der Waals surface area (Å²) >= 11 is 5.92. The van der Waals surface area contributed by atoms with Crippen LogP contribution in [0.25, 0.3) is 22.5 Å². The highest BCUT2D eigenvalue weighted by molar-refractivity contribution is 6.30. The van der Waals surface area contributed by atoms with E-state index in [1.807, 2.05) is 55.5 Å². The molecule has 0 unspecified atom stereocenters. The zero-order valence-corrected chi connectivity index (χ0v) is 11.7. The van der Waals surface area contributed by atoms with Crippen molar-refractivity contribution < 1.29 is 4.52 Å². The number of nitrogens with two attached hydrogens (primary N) is 1. The number of benzene rings is 2. The summed E-state index contributed by atoms with van der Waals surface area (Å²) in [4.78, 5) is 0. The minimum Gasteiger partial charge on any atom is -0.380 e. The first-order chi connectivity index (χ1) is 9.66. The molecule has 0 saturated carbocycles. The number of aryl methyl sites for hydroxylation is 1. The SMILES string of the molecule is Cc1ccccc1-c1onc(N)c1-c1ccc(Cl)cc1. The van der Waals surface area contributed by atoms with Gasteiger partial charge >= 0.3 is 0 Å². The summed E-state index contributed by atoms with van der Waals surface area (Å²) in [6.07, 6.45) is 0. The highest BCUT2D eigenvalue weighted by Gasteiger charge is 2.18. The van der Waals surface area contributed by atoms with Crippen molar-refractivity contribution in [2.45, 2.75) is 6.92 Å². The van der Waals surface area contributed by atoms with E-state index in [-0.39, 0.29) is 0 Å². The van der Waals surface area contributed by atoms with Crippen LogP contribution in [0.15, 0.2) is 53.1 Å². The summed E-state index contributed by atoms with van der Waals surface area (Å²) in [5, 5.41) is 4.58. The summed E-state index contributed by atoms with van der Waals surface area (Å²) < 4.78 is 5.44. The zero-order chi connectivity index (χ0) is 14.1. The maximum atomic E-state index is 5.96. The van der Waals surface area contributed by atoms with Gasteiger partial charge < -0.3 is 10.3 Å². The van der Waals surface area contributed by atoms with Gasteiger partial charge in [-0.15, -0.1) is 0 Å². The lowest BCUT2D eigenvalue weighted by Gasteiger charge is -2.05. The minimum absolute atomic E-state index is 0.380. The molecule has 0 aliphatic rings. The molecular weight excluding hydrogens is 272 g/mol. The topological polar surface area (TPSA) is 52.0 Å². The molecule has 100 valence electrons. The zero-order valence-electron chi connectivity index (χ0n) is 10.9. The Morgan fingerprint density at radius 3 is 2.45 bits per heavy atom. The Morgan fingerprint density at radius 1 is 1.05 bits per heavy atom. The Kier molecular flexibility index (Phi) is 3.20. The van der Waals surface area contributed by atoms with Crippen LogP contribution < -0.4 is 5.73 Å². The van der Waals surface area contributed by atoms with Crippen molar-refractivity contribution in [3.05, 3.63) is 59.1 Å². The van der Waals surface area contributed by atoms with Gasteiger partial charge in [-0.25, -0.2) is 0 Å². The fourth-order valence-electron chi connectivity index (χ4n) is 2.21. The summed E-state index contributed by atoms with van der Waals surface area (Å²) in [5.41, 5.74) is 9.80. The van der Waals surface area contributed by atoms with Gasteiger partial charge in [0.25, 0.3) is 0 Å². The average molecular weight is 285 g/mol. The first-order valence-electron chi connectivity index (χ1n) is 6.24. The largest absolute Gasteiger partial charge is 0.380 e. The van der Waals surface area contributed by atoms with E-state index in [1.54, 1.807) is 0 Å². The van der Waals surface area contributed by atoms with Gasteiger partial charge in [-0.1, -0.05) is 53.2 Å². The average Bonchev–Trinajstić information content (AvgIpc) is 2.82. The molecule has 2 aromatic carbocycles. The lowest BCUT2D eigenvalue weighted by Crippen LogP contribution is -1.89. The van der Waals surface area contributed by atoms with Gasteiger partial charge in [0.2, 0.25) is 0 Å². The maximum Gasteiger partial charge on any atom is 0.177 e. The van der Waals surface area contributed by atoms with E-state index in [4.69, 9.17) is 21.9 Å². The molecule has 3 aromatic rings. The Hall–Kier alpha value is -2.26. The molecule has 0 aliphatic heterocycles. The molecule has 20 heavy (non-hydrogen) atoms. The smallest absolute Gasteiger partial charge is 0.177 e. The third-order valence-corrected chi connectivity index (χ3v) is 3.49. The first-order valence-corrected chi connectivity index (χ1v) is 6.61. The van der Waals surface area contributed by atoms with Crippen LogP contribution in [0.2, 0.25) is 5.02 Å². The van der Waals surface area contributed by atoms with Crippen molar-refractivity contribution in [1.82, 2.24) is 5.16 Å². The standard InChI is InChI=1S/C16H13ClN2O/c1-10-4-2-3-5-13(10)15-14(16(18)19-20-15)11-6-8-12(17)9-7-11/h2-9H,1H3,(H2,18,19). The quantitative estimate of drug-likeness (QED) is 0.751. The van der Waals surface area contributed by atoms with Crippen LogP contribution >= 0.6 is 11.6 Å². The van der Waals surface area contributed by atoms with E-state index in [2.05, 4.69) is 5.16 Å². The van der Waals surface area contributed by atoms with Crippen molar-refractivity contribution in [3.8, 4) is 22.5 Å². The third kappa shape index (κ3) is 2.17. The number of rotatable bonds is 2. The Bertz CT molecular complexity index is 747. The second-order valence-electron chi connectivity index (χ2n) is 4.59. The van der Waals surface area contributed by atoms with E-state index in [1.165, 1.54) is 0 Å². The summed E-state index contributed by atoms with van der Waals surface area (Å²) in [5.74, 6) is 1.06. The predicted molar refractivity (Wildman–Crippen MR) is 81.5 cm³/mol. The van der Waals surface area contributed by atoms with Crippen LogP contribution in [0.3, 0.4) is 0 Å². The molecule has 0 atom stereocenters. The molecule has 1 heterocycles. The van der Waals surface area contributed by atoms with E-state index in [9.17, 15) is 0 Å². The van der Waals surface area contributed by atoms with Gasteiger partial charge in [-0.3, -0.25) is 0 Å². The minimum atomic E-state index is 0.380. The first kappa shape index (κ1) is 12.8. The molecule has 0 fully saturated rings. The van der Waals surface area contributed by atoms with Crippen molar-refractivity contribution in [3.63, 3.8) is 0 Å². The molecule has 1 aromatic heterocycles. The predicted octanol–water partition coefficient (Wildman–Crippen LogP) is 4.55. The molecular formula is C16H13ClN2O. The molecule has 3 rings (SSSR count). The second-order valence-corrected chi connectivity index (χ2v) is 5.03. The Balaban J connectivity index is 2.20. The number of nitrogen functional groups attached to an aromatic ring is 1. The monoisotopic (exact) mass is 284 g/mol. The molecule has 0 spiro atoms. The van der Waals surface area contributed by atoms with E-state index < -0.39 is 0 Å². The molecule has 4 heteroatoms. The van der Waals surface area contributed by atoms with Gasteiger partial charge in [0.1, 0.15) is 0 Å². The summed E-state index contributed by atoms with van der Waals surface area (Å²) in [6.45, 7) is 2.03. The van der Waals surface area contributed by atoms with E-state index in [0.717, 1.165) is 22.3 Å². The van der Waals surface area contributed by atoms with E-state index in [0.29, 0.717) is 16.6 Å². The van der Waals surface area contributed by atoms with Crippen molar-refractivity contribution >= 4 is 17.4 Å². The summed E-state index contributed by atoms with van der Waals surface area (Å²) in [6, 6.07) is 15.4. The summed E-state index contributed by atoms with van der Waals surface area (Å²) in [7, 11) is 0. The van der Waals surface area contributed by atoms with Crippen LogP contribution in [0, 0.1) is 6.92 Å². The van der Waals surface area contributed by atoms with Crippen molar-refractivity contribution in [2.24, 2.45) is 0 Å². The fraction of sp³-hybridized carbons (Fsp3) is 0.0625. The molecule has 0 aliphatic carbocycles. The number of nitrogens with zero attached hydrogens (tertiary/aromatic N) is 1. The molecule has 2 N–H and O–H groups in total. The van der Waals surface area contributed by atoms with Crippen molar-refractivity contribution in [2.75, 3.05) is 5.73 Å². The number of hydrogen-bond acceptors (Lipinski definition) is 3. The van der Waals surface area contributed by atoms with Crippen LogP contribution in [0.1, 0.15) is 5.56 Å². The van der Waals surface area contributed by atoms with Crippen LogP contribution in [-0.4, -0.2) is 5.16 Å². The number of aromatic nitrogens is 1. The normalized spacial score (nSPS) is 10.7. The molecule has 0 saturated heterocycles. The highest BCUT2D eigenvalue weighted by Crippen LogP contribution is 2.38. The number of anilines is 1. The van der Waals surface area contributed by atoms with Gasteiger partial charge in [0.05, 0.1) is 5.56 Å². The lowest BCUT2D eigenvalue weighted by molar-refractivity contribution is 0.436. The molecule has 0 radical (unpaired) electrons. The molecule has 3 nitrogen and oxygen atoms in total.